The SMILES string of the molecule is Cc1ccc(C(O)c2ccccc2C(C)C)s1. The van der Waals surface area contributed by atoms with Crippen molar-refractivity contribution in [3.05, 3.63) is 57.3 Å². The highest BCUT2D eigenvalue weighted by Crippen LogP contribution is 2.32. The second-order valence-corrected chi connectivity index (χ2v) is 5.95. The molecule has 90 valence electrons. The molecule has 0 aliphatic heterocycles. The number of hydrogen-bond donors (Lipinski definition) is 1. The van der Waals surface area contributed by atoms with E-state index in [1.165, 1.54) is 10.4 Å². The molecule has 0 bridgehead atoms. The highest BCUT2D eigenvalue weighted by molar-refractivity contribution is 7.12. The Kier molecular flexibility index (Phi) is 3.65. The van der Waals surface area contributed by atoms with Crippen LogP contribution in [0.25, 0.3) is 0 Å². The van der Waals surface area contributed by atoms with Gasteiger partial charge in [0.25, 0.3) is 0 Å². The van der Waals surface area contributed by atoms with Gasteiger partial charge in [0.1, 0.15) is 6.10 Å². The molecule has 1 aromatic heterocycles. The fraction of sp³-hybridized carbons (Fsp3) is 0.333. The largest absolute Gasteiger partial charge is 0.383 e. The van der Waals surface area contributed by atoms with Gasteiger partial charge in [0.2, 0.25) is 0 Å². The summed E-state index contributed by atoms with van der Waals surface area (Å²) in [5, 5.41) is 10.4. The van der Waals surface area contributed by atoms with Crippen LogP contribution in [0.4, 0.5) is 0 Å². The Bertz CT molecular complexity index is 499. The summed E-state index contributed by atoms with van der Waals surface area (Å²) in [4.78, 5) is 2.26. The second kappa shape index (κ2) is 5.03. The molecule has 0 spiro atoms. The van der Waals surface area contributed by atoms with Gasteiger partial charge in [-0.25, -0.2) is 0 Å². The lowest BCUT2D eigenvalue weighted by Crippen LogP contribution is -2.03. The van der Waals surface area contributed by atoms with Crippen LogP contribution in [-0.4, -0.2) is 5.11 Å². The van der Waals surface area contributed by atoms with Gasteiger partial charge in [-0.3, -0.25) is 0 Å². The lowest BCUT2D eigenvalue weighted by atomic mass is 9.93. The van der Waals surface area contributed by atoms with Gasteiger partial charge in [-0.15, -0.1) is 11.3 Å². The number of hydrogen-bond acceptors (Lipinski definition) is 2. The lowest BCUT2D eigenvalue weighted by molar-refractivity contribution is 0.222. The highest BCUT2D eigenvalue weighted by atomic mass is 32.1. The first kappa shape index (κ1) is 12.3. The van der Waals surface area contributed by atoms with E-state index in [2.05, 4.69) is 32.9 Å². The van der Waals surface area contributed by atoms with Crippen molar-refractivity contribution in [2.45, 2.75) is 32.8 Å². The normalized spacial score (nSPS) is 13.0. The van der Waals surface area contributed by atoms with E-state index in [0.29, 0.717) is 5.92 Å². The monoisotopic (exact) mass is 246 g/mol. The zero-order chi connectivity index (χ0) is 12.4. The van der Waals surface area contributed by atoms with Gasteiger partial charge in [0, 0.05) is 9.75 Å². The first-order valence-corrected chi connectivity index (χ1v) is 6.74. The Morgan fingerprint density at radius 1 is 1.00 bits per heavy atom. The van der Waals surface area contributed by atoms with E-state index in [9.17, 15) is 5.11 Å². The Labute approximate surface area is 107 Å². The maximum Gasteiger partial charge on any atom is 0.113 e. The standard InChI is InChI=1S/C15H18OS/c1-10(2)12-6-4-5-7-13(12)15(16)14-9-8-11(3)17-14/h4-10,15-16H,1-3H3. The van der Waals surface area contributed by atoms with Crippen molar-refractivity contribution < 1.29 is 5.11 Å². The minimum atomic E-state index is -0.493. The molecule has 1 nitrogen and oxygen atoms in total. The van der Waals surface area contributed by atoms with E-state index in [1.54, 1.807) is 11.3 Å². The van der Waals surface area contributed by atoms with E-state index >= 15 is 0 Å². The van der Waals surface area contributed by atoms with Crippen molar-refractivity contribution in [2.24, 2.45) is 0 Å². The quantitative estimate of drug-likeness (QED) is 0.858. The van der Waals surface area contributed by atoms with E-state index in [1.807, 2.05) is 24.3 Å². The Hall–Kier alpha value is -1.12. The molecule has 17 heavy (non-hydrogen) atoms. The summed E-state index contributed by atoms with van der Waals surface area (Å²) in [5.41, 5.74) is 2.26. The van der Waals surface area contributed by atoms with E-state index in [0.717, 1.165) is 10.4 Å². The zero-order valence-corrected chi connectivity index (χ0v) is 11.3. The Morgan fingerprint density at radius 2 is 1.65 bits per heavy atom. The number of aryl methyl sites for hydroxylation is 1. The molecule has 0 aliphatic rings. The van der Waals surface area contributed by atoms with Crippen molar-refractivity contribution >= 4 is 11.3 Å². The number of aliphatic hydroxyl groups excluding tert-OH is 1. The number of aliphatic hydroxyl groups is 1. The van der Waals surface area contributed by atoms with Crippen LogP contribution >= 0.6 is 11.3 Å². The molecule has 2 rings (SSSR count). The first-order valence-electron chi connectivity index (χ1n) is 5.93. The molecule has 2 heteroatoms. The Balaban J connectivity index is 2.40. The maximum atomic E-state index is 10.4. The number of thiophene rings is 1. The van der Waals surface area contributed by atoms with Crippen LogP contribution in [-0.2, 0) is 0 Å². The van der Waals surface area contributed by atoms with Crippen LogP contribution in [0, 0.1) is 6.92 Å². The molecule has 0 amide bonds. The third-order valence-corrected chi connectivity index (χ3v) is 4.00. The summed E-state index contributed by atoms with van der Waals surface area (Å²) >= 11 is 1.66. The second-order valence-electron chi connectivity index (χ2n) is 4.63. The molecule has 0 fully saturated rings. The number of benzene rings is 1. The first-order chi connectivity index (χ1) is 8.09. The van der Waals surface area contributed by atoms with Crippen LogP contribution in [0.2, 0.25) is 0 Å². The summed E-state index contributed by atoms with van der Waals surface area (Å²) in [5.74, 6) is 0.432. The smallest absolute Gasteiger partial charge is 0.113 e. The molecular weight excluding hydrogens is 228 g/mol. The molecule has 0 radical (unpaired) electrons. The van der Waals surface area contributed by atoms with Crippen LogP contribution in [0.1, 0.15) is 46.8 Å². The van der Waals surface area contributed by atoms with Gasteiger partial charge >= 0.3 is 0 Å². The molecule has 1 N–H and O–H groups in total. The fourth-order valence-corrected chi connectivity index (χ4v) is 2.92. The van der Waals surface area contributed by atoms with Gasteiger partial charge in [-0.2, -0.15) is 0 Å². The average molecular weight is 246 g/mol. The Morgan fingerprint density at radius 3 is 2.18 bits per heavy atom. The van der Waals surface area contributed by atoms with Gasteiger partial charge in [-0.05, 0) is 36.1 Å². The molecule has 1 unspecified atom stereocenters. The maximum absolute atomic E-state index is 10.4. The van der Waals surface area contributed by atoms with Crippen molar-refractivity contribution in [3.8, 4) is 0 Å². The van der Waals surface area contributed by atoms with E-state index in [-0.39, 0.29) is 0 Å². The number of rotatable bonds is 3. The van der Waals surface area contributed by atoms with E-state index in [4.69, 9.17) is 0 Å². The minimum absolute atomic E-state index is 0.432. The molecular formula is C15H18OS. The van der Waals surface area contributed by atoms with Crippen LogP contribution in [0.3, 0.4) is 0 Å². The predicted molar refractivity (Wildman–Crippen MR) is 73.6 cm³/mol. The van der Waals surface area contributed by atoms with Gasteiger partial charge in [-0.1, -0.05) is 38.1 Å². The molecule has 1 heterocycles. The molecule has 1 atom stereocenters. The third kappa shape index (κ3) is 2.59. The third-order valence-electron chi connectivity index (χ3n) is 2.94. The van der Waals surface area contributed by atoms with Gasteiger partial charge in [0.05, 0.1) is 0 Å². The molecule has 2 aromatic rings. The lowest BCUT2D eigenvalue weighted by Gasteiger charge is -2.16. The zero-order valence-electron chi connectivity index (χ0n) is 10.5. The van der Waals surface area contributed by atoms with Gasteiger partial charge in [0.15, 0.2) is 0 Å². The summed E-state index contributed by atoms with van der Waals surface area (Å²) in [6.45, 7) is 6.38. The highest BCUT2D eigenvalue weighted by Gasteiger charge is 2.16. The summed E-state index contributed by atoms with van der Waals surface area (Å²) in [6.07, 6.45) is -0.493. The van der Waals surface area contributed by atoms with Crippen LogP contribution in [0.15, 0.2) is 36.4 Å². The van der Waals surface area contributed by atoms with Crippen molar-refractivity contribution in [1.29, 1.82) is 0 Å². The summed E-state index contributed by atoms with van der Waals surface area (Å²) in [6, 6.07) is 12.2. The van der Waals surface area contributed by atoms with Crippen molar-refractivity contribution in [1.82, 2.24) is 0 Å². The van der Waals surface area contributed by atoms with Crippen LogP contribution in [0.5, 0.6) is 0 Å². The fourth-order valence-electron chi connectivity index (χ4n) is 2.04. The van der Waals surface area contributed by atoms with Crippen molar-refractivity contribution in [3.63, 3.8) is 0 Å². The van der Waals surface area contributed by atoms with Gasteiger partial charge < -0.3 is 5.11 Å². The molecule has 0 saturated heterocycles. The summed E-state index contributed by atoms with van der Waals surface area (Å²) < 4.78 is 0. The summed E-state index contributed by atoms with van der Waals surface area (Å²) in [7, 11) is 0. The molecule has 1 aromatic carbocycles. The minimum Gasteiger partial charge on any atom is -0.383 e. The average Bonchev–Trinajstić information content (AvgIpc) is 2.75. The van der Waals surface area contributed by atoms with E-state index < -0.39 is 6.10 Å². The van der Waals surface area contributed by atoms with Crippen molar-refractivity contribution in [2.75, 3.05) is 0 Å². The topological polar surface area (TPSA) is 20.2 Å². The molecule has 0 aliphatic carbocycles. The van der Waals surface area contributed by atoms with Crippen LogP contribution < -0.4 is 0 Å². The predicted octanol–water partition coefficient (Wildman–Crippen LogP) is 4.26. The molecule has 0 saturated carbocycles.